The van der Waals surface area contributed by atoms with Gasteiger partial charge >= 0.3 is 0 Å². The van der Waals surface area contributed by atoms with E-state index in [0.29, 0.717) is 6.04 Å². The molecule has 2 rings (SSSR count). The van der Waals surface area contributed by atoms with Crippen LogP contribution >= 0.6 is 11.3 Å². The molecule has 0 saturated carbocycles. The Bertz CT molecular complexity index is 572. The predicted octanol–water partition coefficient (Wildman–Crippen LogP) is 4.60. The first-order chi connectivity index (χ1) is 8.93. The quantitative estimate of drug-likeness (QED) is 0.862. The number of aryl methyl sites for hydroxylation is 5. The van der Waals surface area contributed by atoms with Crippen molar-refractivity contribution >= 4 is 11.3 Å². The maximum Gasteiger partial charge on any atom is 0.0676 e. The lowest BCUT2D eigenvalue weighted by atomic mass is 9.92. The Morgan fingerprint density at radius 2 is 1.47 bits per heavy atom. The Hall–Kier alpha value is -1.12. The fourth-order valence-electron chi connectivity index (χ4n) is 3.00. The molecule has 1 unspecified atom stereocenters. The van der Waals surface area contributed by atoms with E-state index in [0.717, 1.165) is 0 Å². The average molecular weight is 273 g/mol. The minimum Gasteiger partial charge on any atom is -0.309 e. The molecule has 0 amide bonds. The molecule has 1 atom stereocenters. The summed E-state index contributed by atoms with van der Waals surface area (Å²) in [6.45, 7) is 11.0. The van der Waals surface area contributed by atoms with Gasteiger partial charge in [0.05, 0.1) is 6.04 Å². The van der Waals surface area contributed by atoms with E-state index in [4.69, 9.17) is 0 Å². The van der Waals surface area contributed by atoms with E-state index >= 15 is 0 Å². The van der Waals surface area contributed by atoms with E-state index in [-0.39, 0.29) is 0 Å². The standard InChI is InChI=1S/C17H23NS/c1-10-7-11(2)15(12(3)8-10)16(18-6)17-13(4)9-14(5)19-17/h7-9,16,18H,1-6H3. The van der Waals surface area contributed by atoms with Crippen LogP contribution < -0.4 is 5.32 Å². The molecule has 1 aromatic carbocycles. The van der Waals surface area contributed by atoms with E-state index in [2.05, 4.69) is 65.2 Å². The van der Waals surface area contributed by atoms with Gasteiger partial charge < -0.3 is 5.32 Å². The predicted molar refractivity (Wildman–Crippen MR) is 85.3 cm³/mol. The minimum atomic E-state index is 0.305. The third-order valence-corrected chi connectivity index (χ3v) is 4.87. The van der Waals surface area contributed by atoms with Gasteiger partial charge in [0.15, 0.2) is 0 Å². The Balaban J connectivity index is 2.57. The van der Waals surface area contributed by atoms with Crippen LogP contribution in [0.3, 0.4) is 0 Å². The maximum atomic E-state index is 3.50. The van der Waals surface area contributed by atoms with E-state index in [1.165, 1.54) is 37.6 Å². The van der Waals surface area contributed by atoms with Gasteiger partial charge in [-0.05, 0) is 70.0 Å². The van der Waals surface area contributed by atoms with Gasteiger partial charge in [0.1, 0.15) is 0 Å². The number of hydrogen-bond donors (Lipinski definition) is 1. The van der Waals surface area contributed by atoms with Gasteiger partial charge in [-0.15, -0.1) is 11.3 Å². The lowest BCUT2D eigenvalue weighted by Crippen LogP contribution is -2.19. The second-order valence-electron chi connectivity index (χ2n) is 5.44. The monoisotopic (exact) mass is 273 g/mol. The molecule has 0 aliphatic carbocycles. The van der Waals surface area contributed by atoms with Gasteiger partial charge in [0.2, 0.25) is 0 Å². The van der Waals surface area contributed by atoms with Crippen LogP contribution in [-0.4, -0.2) is 7.05 Å². The van der Waals surface area contributed by atoms with Gasteiger partial charge in [-0.25, -0.2) is 0 Å². The molecule has 19 heavy (non-hydrogen) atoms. The third kappa shape index (κ3) is 2.75. The highest BCUT2D eigenvalue weighted by atomic mass is 32.1. The molecule has 0 aliphatic heterocycles. The summed E-state index contributed by atoms with van der Waals surface area (Å²) in [6.07, 6.45) is 0. The van der Waals surface area contributed by atoms with Crippen molar-refractivity contribution in [2.45, 2.75) is 40.7 Å². The molecular formula is C17H23NS. The first-order valence-electron chi connectivity index (χ1n) is 6.76. The van der Waals surface area contributed by atoms with Crippen molar-refractivity contribution in [3.05, 3.63) is 55.8 Å². The summed E-state index contributed by atoms with van der Waals surface area (Å²) >= 11 is 1.90. The lowest BCUT2D eigenvalue weighted by Gasteiger charge is -2.22. The van der Waals surface area contributed by atoms with Gasteiger partial charge in [0.25, 0.3) is 0 Å². The Morgan fingerprint density at radius 1 is 0.895 bits per heavy atom. The van der Waals surface area contributed by atoms with Crippen molar-refractivity contribution in [1.29, 1.82) is 0 Å². The Kier molecular flexibility index (Phi) is 4.12. The smallest absolute Gasteiger partial charge is 0.0676 e. The maximum absolute atomic E-state index is 3.50. The summed E-state index contributed by atoms with van der Waals surface area (Å²) in [6, 6.07) is 7.15. The van der Waals surface area contributed by atoms with Crippen molar-refractivity contribution in [2.24, 2.45) is 0 Å². The highest BCUT2D eigenvalue weighted by Crippen LogP contribution is 2.34. The molecule has 0 fully saturated rings. The summed E-state index contributed by atoms with van der Waals surface area (Å²) in [7, 11) is 2.05. The van der Waals surface area contributed by atoms with Gasteiger partial charge in [-0.3, -0.25) is 0 Å². The molecule has 0 spiro atoms. The number of rotatable bonds is 3. The van der Waals surface area contributed by atoms with Crippen LogP contribution in [0.1, 0.15) is 43.6 Å². The van der Waals surface area contributed by atoms with Crippen LogP contribution in [0.4, 0.5) is 0 Å². The van der Waals surface area contributed by atoms with E-state index in [1.54, 1.807) is 0 Å². The molecule has 2 heteroatoms. The zero-order chi connectivity index (χ0) is 14.2. The molecular weight excluding hydrogens is 250 g/mol. The fraction of sp³-hybridized carbons (Fsp3) is 0.412. The zero-order valence-electron chi connectivity index (χ0n) is 12.7. The fourth-order valence-corrected chi connectivity index (χ4v) is 4.16. The third-order valence-electron chi connectivity index (χ3n) is 3.66. The van der Waals surface area contributed by atoms with Crippen molar-refractivity contribution in [3.63, 3.8) is 0 Å². The molecule has 102 valence electrons. The van der Waals surface area contributed by atoms with Crippen LogP contribution in [0.2, 0.25) is 0 Å². The van der Waals surface area contributed by atoms with E-state index in [9.17, 15) is 0 Å². The second-order valence-corrected chi connectivity index (χ2v) is 6.73. The summed E-state index contributed by atoms with van der Waals surface area (Å²) in [5.74, 6) is 0. The van der Waals surface area contributed by atoms with Gasteiger partial charge in [-0.1, -0.05) is 17.7 Å². The largest absolute Gasteiger partial charge is 0.309 e. The topological polar surface area (TPSA) is 12.0 Å². The summed E-state index contributed by atoms with van der Waals surface area (Å²) in [5, 5.41) is 3.50. The minimum absolute atomic E-state index is 0.305. The van der Waals surface area contributed by atoms with Gasteiger partial charge in [-0.2, -0.15) is 0 Å². The highest BCUT2D eigenvalue weighted by Gasteiger charge is 2.20. The molecule has 2 aromatic rings. The number of hydrogen-bond acceptors (Lipinski definition) is 2. The molecule has 1 heterocycles. The van der Waals surface area contributed by atoms with Crippen LogP contribution in [0.15, 0.2) is 18.2 Å². The summed E-state index contributed by atoms with van der Waals surface area (Å²) < 4.78 is 0. The number of thiophene rings is 1. The summed E-state index contributed by atoms with van der Waals surface area (Å²) in [4.78, 5) is 2.82. The molecule has 0 radical (unpaired) electrons. The highest BCUT2D eigenvalue weighted by molar-refractivity contribution is 7.12. The van der Waals surface area contributed by atoms with Crippen molar-refractivity contribution < 1.29 is 0 Å². The van der Waals surface area contributed by atoms with Crippen LogP contribution in [0, 0.1) is 34.6 Å². The first kappa shape index (κ1) is 14.3. The molecule has 1 aromatic heterocycles. The molecule has 1 N–H and O–H groups in total. The van der Waals surface area contributed by atoms with Crippen molar-refractivity contribution in [3.8, 4) is 0 Å². The SMILES string of the molecule is CNC(c1sc(C)cc1C)c1c(C)cc(C)cc1C. The Labute approximate surface area is 120 Å². The van der Waals surface area contributed by atoms with Crippen LogP contribution in [0.25, 0.3) is 0 Å². The zero-order valence-corrected chi connectivity index (χ0v) is 13.5. The molecule has 0 aliphatic rings. The number of benzene rings is 1. The summed E-state index contributed by atoms with van der Waals surface area (Å²) in [5.41, 5.74) is 6.91. The average Bonchev–Trinajstić information content (AvgIpc) is 2.62. The second kappa shape index (κ2) is 5.48. The first-order valence-corrected chi connectivity index (χ1v) is 7.57. The van der Waals surface area contributed by atoms with Crippen LogP contribution in [-0.2, 0) is 0 Å². The van der Waals surface area contributed by atoms with Crippen molar-refractivity contribution in [1.82, 2.24) is 5.32 Å². The molecule has 1 nitrogen and oxygen atoms in total. The van der Waals surface area contributed by atoms with Gasteiger partial charge in [0, 0.05) is 9.75 Å². The number of nitrogens with one attached hydrogen (secondary N) is 1. The van der Waals surface area contributed by atoms with Crippen LogP contribution in [0.5, 0.6) is 0 Å². The van der Waals surface area contributed by atoms with E-state index in [1.807, 2.05) is 11.3 Å². The molecule has 0 bridgehead atoms. The normalized spacial score (nSPS) is 12.7. The Morgan fingerprint density at radius 3 is 1.89 bits per heavy atom. The molecule has 0 saturated heterocycles. The van der Waals surface area contributed by atoms with E-state index < -0.39 is 0 Å². The lowest BCUT2D eigenvalue weighted by molar-refractivity contribution is 0.691. The van der Waals surface area contributed by atoms with Crippen molar-refractivity contribution in [2.75, 3.05) is 7.05 Å².